The molecule has 3 rings (SSSR count). The molecule has 0 unspecified atom stereocenters. The number of benzene rings is 1. The zero-order chi connectivity index (χ0) is 17.1. The Hall–Kier alpha value is -2.37. The fourth-order valence-corrected chi connectivity index (χ4v) is 3.10. The molecule has 24 heavy (non-hydrogen) atoms. The Morgan fingerprint density at radius 1 is 1.33 bits per heavy atom. The number of aromatic nitrogens is 2. The number of para-hydroxylation sites is 1. The number of fused-ring (bicyclic) bond motifs is 1. The van der Waals surface area contributed by atoms with Crippen molar-refractivity contribution >= 4 is 22.8 Å². The van der Waals surface area contributed by atoms with E-state index in [0.29, 0.717) is 29.2 Å². The number of carbonyl (C=O) groups is 1. The maximum Gasteiger partial charge on any atom is 0.260 e. The maximum atomic E-state index is 12.1. The van der Waals surface area contributed by atoms with Gasteiger partial charge in [-0.1, -0.05) is 26.0 Å². The number of piperidine rings is 1. The molecule has 1 fully saturated rings. The second kappa shape index (κ2) is 7.03. The number of aromatic amines is 1. The largest absolute Gasteiger partial charge is 0.353 e. The SMILES string of the molecule is CC(C)CC(=O)N1CCC(Nc2nc3ccccc3c(=O)[nH]2)CC1. The Morgan fingerprint density at radius 3 is 2.75 bits per heavy atom. The number of rotatable bonds is 4. The number of anilines is 1. The number of hydrogen-bond acceptors (Lipinski definition) is 4. The summed E-state index contributed by atoms with van der Waals surface area (Å²) < 4.78 is 0. The van der Waals surface area contributed by atoms with Gasteiger partial charge in [-0.15, -0.1) is 0 Å². The van der Waals surface area contributed by atoms with Crippen molar-refractivity contribution in [2.75, 3.05) is 18.4 Å². The zero-order valence-corrected chi connectivity index (χ0v) is 14.2. The normalized spacial score (nSPS) is 15.9. The highest BCUT2D eigenvalue weighted by Crippen LogP contribution is 2.17. The number of carbonyl (C=O) groups excluding carboxylic acids is 1. The minimum atomic E-state index is -0.132. The minimum Gasteiger partial charge on any atom is -0.353 e. The zero-order valence-electron chi connectivity index (χ0n) is 14.2. The quantitative estimate of drug-likeness (QED) is 0.903. The average molecular weight is 328 g/mol. The molecule has 6 heteroatoms. The first-order chi connectivity index (χ1) is 11.5. The number of nitrogens with zero attached hydrogens (tertiary/aromatic N) is 2. The molecular weight excluding hydrogens is 304 g/mol. The highest BCUT2D eigenvalue weighted by molar-refractivity contribution is 5.78. The number of amides is 1. The van der Waals surface area contributed by atoms with Crippen molar-refractivity contribution in [1.82, 2.24) is 14.9 Å². The van der Waals surface area contributed by atoms with Crippen molar-refractivity contribution < 1.29 is 4.79 Å². The maximum absolute atomic E-state index is 12.1. The molecule has 2 aromatic rings. The molecule has 1 amide bonds. The molecule has 1 aliphatic heterocycles. The van der Waals surface area contributed by atoms with E-state index < -0.39 is 0 Å². The topological polar surface area (TPSA) is 78.1 Å². The van der Waals surface area contributed by atoms with E-state index in [9.17, 15) is 9.59 Å². The van der Waals surface area contributed by atoms with Gasteiger partial charge in [-0.3, -0.25) is 14.6 Å². The fourth-order valence-electron chi connectivity index (χ4n) is 3.10. The second-order valence-corrected chi connectivity index (χ2v) is 6.83. The monoisotopic (exact) mass is 328 g/mol. The van der Waals surface area contributed by atoms with Gasteiger partial charge in [0.15, 0.2) is 0 Å². The first kappa shape index (κ1) is 16.5. The lowest BCUT2D eigenvalue weighted by Crippen LogP contribution is -2.43. The average Bonchev–Trinajstić information content (AvgIpc) is 2.55. The molecule has 0 spiro atoms. The van der Waals surface area contributed by atoms with E-state index in [2.05, 4.69) is 29.1 Å². The van der Waals surface area contributed by atoms with Gasteiger partial charge in [0.05, 0.1) is 10.9 Å². The third-order valence-corrected chi connectivity index (χ3v) is 4.38. The van der Waals surface area contributed by atoms with E-state index >= 15 is 0 Å². The summed E-state index contributed by atoms with van der Waals surface area (Å²) in [6.45, 7) is 5.63. The third-order valence-electron chi connectivity index (χ3n) is 4.38. The van der Waals surface area contributed by atoms with Gasteiger partial charge in [-0.2, -0.15) is 0 Å². The molecule has 1 aromatic heterocycles. The molecule has 2 N–H and O–H groups in total. The lowest BCUT2D eigenvalue weighted by molar-refractivity contribution is -0.132. The molecule has 1 aromatic carbocycles. The number of H-pyrrole nitrogens is 1. The van der Waals surface area contributed by atoms with Crippen LogP contribution in [0.25, 0.3) is 10.9 Å². The van der Waals surface area contributed by atoms with Crippen LogP contribution in [-0.4, -0.2) is 39.9 Å². The van der Waals surface area contributed by atoms with Crippen molar-refractivity contribution in [3.05, 3.63) is 34.6 Å². The summed E-state index contributed by atoms with van der Waals surface area (Å²) >= 11 is 0. The molecular formula is C18H24N4O2. The highest BCUT2D eigenvalue weighted by atomic mass is 16.2. The van der Waals surface area contributed by atoms with Crippen LogP contribution in [0.15, 0.2) is 29.1 Å². The molecule has 0 aliphatic carbocycles. The summed E-state index contributed by atoms with van der Waals surface area (Å²) in [5.74, 6) is 1.13. The summed E-state index contributed by atoms with van der Waals surface area (Å²) in [4.78, 5) is 33.4. The van der Waals surface area contributed by atoms with Gasteiger partial charge in [0, 0.05) is 25.6 Å². The summed E-state index contributed by atoms with van der Waals surface area (Å²) in [7, 11) is 0. The van der Waals surface area contributed by atoms with E-state index in [1.807, 2.05) is 23.1 Å². The van der Waals surface area contributed by atoms with Gasteiger partial charge < -0.3 is 10.2 Å². The van der Waals surface area contributed by atoms with Gasteiger partial charge >= 0.3 is 0 Å². The van der Waals surface area contributed by atoms with E-state index in [0.717, 1.165) is 25.9 Å². The van der Waals surface area contributed by atoms with Gasteiger partial charge in [0.1, 0.15) is 0 Å². The molecule has 6 nitrogen and oxygen atoms in total. The van der Waals surface area contributed by atoms with E-state index in [4.69, 9.17) is 0 Å². The van der Waals surface area contributed by atoms with Gasteiger partial charge in [-0.05, 0) is 30.9 Å². The number of hydrogen-bond donors (Lipinski definition) is 2. The Balaban J connectivity index is 1.62. The minimum absolute atomic E-state index is 0.132. The van der Waals surface area contributed by atoms with Crippen molar-refractivity contribution in [3.8, 4) is 0 Å². The van der Waals surface area contributed by atoms with Crippen LogP contribution in [-0.2, 0) is 4.79 Å². The number of likely N-dealkylation sites (tertiary alicyclic amines) is 1. The van der Waals surface area contributed by atoms with E-state index in [-0.39, 0.29) is 17.5 Å². The van der Waals surface area contributed by atoms with Crippen LogP contribution in [0.5, 0.6) is 0 Å². The highest BCUT2D eigenvalue weighted by Gasteiger charge is 2.23. The van der Waals surface area contributed by atoms with Crippen LogP contribution < -0.4 is 10.9 Å². The lowest BCUT2D eigenvalue weighted by atomic mass is 10.0. The standard InChI is InChI=1S/C18H24N4O2/c1-12(2)11-16(23)22-9-7-13(8-10-22)19-18-20-15-6-4-3-5-14(15)17(24)21-18/h3-6,12-13H,7-11H2,1-2H3,(H2,19,20,21,24). The first-order valence-corrected chi connectivity index (χ1v) is 8.56. The molecule has 1 saturated heterocycles. The molecule has 0 bridgehead atoms. The van der Waals surface area contributed by atoms with Crippen molar-refractivity contribution in [2.45, 2.75) is 39.2 Å². The summed E-state index contributed by atoms with van der Waals surface area (Å²) in [5.41, 5.74) is 0.556. The van der Waals surface area contributed by atoms with Crippen LogP contribution in [0.1, 0.15) is 33.1 Å². The Labute approximate surface area is 141 Å². The molecule has 1 aliphatic rings. The molecule has 0 atom stereocenters. The molecule has 0 saturated carbocycles. The van der Waals surface area contributed by atoms with Crippen LogP contribution in [0.3, 0.4) is 0 Å². The van der Waals surface area contributed by atoms with E-state index in [1.165, 1.54) is 0 Å². The predicted octanol–water partition coefficient (Wildman–Crippen LogP) is 2.37. The predicted molar refractivity (Wildman–Crippen MR) is 95.0 cm³/mol. The van der Waals surface area contributed by atoms with Crippen LogP contribution in [0.2, 0.25) is 0 Å². The Kier molecular flexibility index (Phi) is 4.83. The van der Waals surface area contributed by atoms with Crippen LogP contribution >= 0.6 is 0 Å². The van der Waals surface area contributed by atoms with Gasteiger partial charge in [0.25, 0.3) is 5.56 Å². The van der Waals surface area contributed by atoms with Crippen molar-refractivity contribution in [2.24, 2.45) is 5.92 Å². The summed E-state index contributed by atoms with van der Waals surface area (Å²) in [6.07, 6.45) is 2.33. The smallest absolute Gasteiger partial charge is 0.260 e. The van der Waals surface area contributed by atoms with Crippen molar-refractivity contribution in [1.29, 1.82) is 0 Å². The summed E-state index contributed by atoms with van der Waals surface area (Å²) in [5, 5.41) is 3.90. The van der Waals surface area contributed by atoms with Crippen LogP contribution in [0, 0.1) is 5.92 Å². The Bertz CT molecular complexity index is 776. The lowest BCUT2D eigenvalue weighted by Gasteiger charge is -2.33. The third kappa shape index (κ3) is 3.75. The molecule has 0 radical (unpaired) electrons. The molecule has 2 heterocycles. The Morgan fingerprint density at radius 2 is 2.04 bits per heavy atom. The summed E-state index contributed by atoms with van der Waals surface area (Å²) in [6, 6.07) is 7.53. The van der Waals surface area contributed by atoms with E-state index in [1.54, 1.807) is 6.07 Å². The van der Waals surface area contributed by atoms with Gasteiger partial charge in [0.2, 0.25) is 11.9 Å². The van der Waals surface area contributed by atoms with Crippen molar-refractivity contribution in [3.63, 3.8) is 0 Å². The molecule has 128 valence electrons. The fraction of sp³-hybridized carbons (Fsp3) is 0.500. The van der Waals surface area contributed by atoms with Crippen LogP contribution in [0.4, 0.5) is 5.95 Å². The number of nitrogens with one attached hydrogen (secondary N) is 2. The first-order valence-electron chi connectivity index (χ1n) is 8.56. The van der Waals surface area contributed by atoms with Gasteiger partial charge in [-0.25, -0.2) is 4.98 Å². The second-order valence-electron chi connectivity index (χ2n) is 6.83.